The average Bonchev–Trinajstić information content (AvgIpc) is 2.81. The lowest BCUT2D eigenvalue weighted by atomic mass is 10.1. The van der Waals surface area contributed by atoms with E-state index in [0.29, 0.717) is 25.3 Å². The molecule has 2 N–H and O–H groups in total. The van der Waals surface area contributed by atoms with Crippen molar-refractivity contribution in [1.82, 2.24) is 14.8 Å². The standard InChI is InChI=1S/C25H29FN4O3/c1-18-6-4-7-19-16-20(24(31)28-23(18)19)17-30(11-5-10-29-12-14-33-15-13-29)25(32)27-22-9-3-2-8-21(22)26/h2-4,6-9,16H,5,10-15,17H2,1H3,(H,27,32)(H,28,31). The number of carbonyl (C=O) groups is 1. The zero-order valence-electron chi connectivity index (χ0n) is 18.8. The van der Waals surface area contributed by atoms with Gasteiger partial charge in [-0.15, -0.1) is 0 Å². The molecule has 0 aliphatic carbocycles. The number of morpholine rings is 1. The van der Waals surface area contributed by atoms with Gasteiger partial charge in [0.25, 0.3) is 5.56 Å². The Kier molecular flexibility index (Phi) is 7.36. The highest BCUT2D eigenvalue weighted by atomic mass is 19.1. The fraction of sp³-hybridized carbons (Fsp3) is 0.360. The largest absolute Gasteiger partial charge is 0.379 e. The van der Waals surface area contributed by atoms with Gasteiger partial charge in [0, 0.05) is 31.7 Å². The van der Waals surface area contributed by atoms with Gasteiger partial charge in [-0.2, -0.15) is 0 Å². The molecule has 2 heterocycles. The van der Waals surface area contributed by atoms with Crippen molar-refractivity contribution in [2.24, 2.45) is 0 Å². The maximum atomic E-state index is 14.1. The minimum atomic E-state index is -0.502. The van der Waals surface area contributed by atoms with Crippen LogP contribution in [0.2, 0.25) is 0 Å². The summed E-state index contributed by atoms with van der Waals surface area (Å²) in [7, 11) is 0. The van der Waals surface area contributed by atoms with E-state index in [2.05, 4.69) is 15.2 Å². The molecule has 2 amide bonds. The number of para-hydroxylation sites is 2. The smallest absolute Gasteiger partial charge is 0.322 e. The third-order valence-electron chi connectivity index (χ3n) is 5.93. The number of nitrogens with one attached hydrogen (secondary N) is 2. The summed E-state index contributed by atoms with van der Waals surface area (Å²) in [6, 6.07) is 13.3. The zero-order chi connectivity index (χ0) is 23.2. The summed E-state index contributed by atoms with van der Waals surface area (Å²) < 4.78 is 19.5. The van der Waals surface area contributed by atoms with Crippen LogP contribution in [0.3, 0.4) is 0 Å². The van der Waals surface area contributed by atoms with Crippen LogP contribution in [0.5, 0.6) is 0 Å². The van der Waals surface area contributed by atoms with E-state index < -0.39 is 11.8 Å². The highest BCUT2D eigenvalue weighted by Crippen LogP contribution is 2.17. The summed E-state index contributed by atoms with van der Waals surface area (Å²) in [5.74, 6) is -0.502. The van der Waals surface area contributed by atoms with Gasteiger partial charge in [0.05, 0.1) is 31.0 Å². The van der Waals surface area contributed by atoms with E-state index >= 15 is 0 Å². The van der Waals surface area contributed by atoms with Gasteiger partial charge in [-0.05, 0) is 42.5 Å². The number of carbonyl (C=O) groups excluding carboxylic acids is 1. The van der Waals surface area contributed by atoms with Gasteiger partial charge in [-0.25, -0.2) is 9.18 Å². The Bertz CT molecular complexity index is 1170. The van der Waals surface area contributed by atoms with Crippen LogP contribution in [0, 0.1) is 12.7 Å². The number of pyridine rings is 1. The number of nitrogens with zero attached hydrogens (tertiary/aromatic N) is 2. The number of aryl methyl sites for hydroxylation is 1. The first kappa shape index (κ1) is 22.9. The van der Waals surface area contributed by atoms with Crippen LogP contribution < -0.4 is 10.9 Å². The molecule has 1 aromatic heterocycles. The minimum absolute atomic E-state index is 0.115. The van der Waals surface area contributed by atoms with Crippen molar-refractivity contribution in [2.45, 2.75) is 19.9 Å². The number of ether oxygens (including phenoxy) is 1. The molecule has 4 rings (SSSR count). The molecule has 0 spiro atoms. The molecule has 3 aromatic rings. The molecule has 174 valence electrons. The van der Waals surface area contributed by atoms with Crippen LogP contribution in [0.4, 0.5) is 14.9 Å². The minimum Gasteiger partial charge on any atom is -0.379 e. The number of aromatic amines is 1. The lowest BCUT2D eigenvalue weighted by molar-refractivity contribution is 0.0365. The molecule has 2 aromatic carbocycles. The number of urea groups is 1. The SMILES string of the molecule is Cc1cccc2cc(CN(CCCN3CCOCC3)C(=O)Nc3ccccc3F)c(=O)[nH]c12. The number of aromatic nitrogens is 1. The molecule has 1 saturated heterocycles. The number of hydrogen-bond acceptors (Lipinski definition) is 4. The van der Waals surface area contributed by atoms with Gasteiger partial charge in [-0.1, -0.05) is 30.3 Å². The Labute approximate surface area is 192 Å². The molecule has 0 atom stereocenters. The zero-order valence-corrected chi connectivity index (χ0v) is 18.8. The average molecular weight is 453 g/mol. The first-order valence-electron chi connectivity index (χ1n) is 11.2. The molecule has 1 aliphatic rings. The highest BCUT2D eigenvalue weighted by Gasteiger charge is 2.19. The van der Waals surface area contributed by atoms with Gasteiger partial charge < -0.3 is 19.9 Å². The molecule has 7 nitrogen and oxygen atoms in total. The Balaban J connectivity index is 1.53. The molecule has 0 saturated carbocycles. The number of fused-ring (bicyclic) bond motifs is 1. The summed E-state index contributed by atoms with van der Waals surface area (Å²) in [6.07, 6.45) is 0.731. The van der Waals surface area contributed by atoms with E-state index in [9.17, 15) is 14.0 Å². The van der Waals surface area contributed by atoms with E-state index in [1.54, 1.807) is 17.0 Å². The van der Waals surface area contributed by atoms with Crippen molar-refractivity contribution in [3.63, 3.8) is 0 Å². The third-order valence-corrected chi connectivity index (χ3v) is 5.93. The second-order valence-electron chi connectivity index (χ2n) is 8.30. The highest BCUT2D eigenvalue weighted by molar-refractivity contribution is 5.89. The number of anilines is 1. The van der Waals surface area contributed by atoms with Crippen molar-refractivity contribution in [3.8, 4) is 0 Å². The second kappa shape index (κ2) is 10.6. The molecule has 8 heteroatoms. The van der Waals surface area contributed by atoms with Gasteiger partial charge in [0.15, 0.2) is 0 Å². The lowest BCUT2D eigenvalue weighted by Crippen LogP contribution is -2.40. The van der Waals surface area contributed by atoms with Crippen LogP contribution in [0.25, 0.3) is 10.9 Å². The van der Waals surface area contributed by atoms with Gasteiger partial charge in [-0.3, -0.25) is 9.69 Å². The third kappa shape index (κ3) is 5.77. The first-order chi connectivity index (χ1) is 16.0. The fourth-order valence-electron chi connectivity index (χ4n) is 4.07. The van der Waals surface area contributed by atoms with E-state index in [1.165, 1.54) is 12.1 Å². The van der Waals surface area contributed by atoms with Crippen molar-refractivity contribution >= 4 is 22.6 Å². The van der Waals surface area contributed by atoms with Gasteiger partial charge >= 0.3 is 6.03 Å². The summed E-state index contributed by atoms with van der Waals surface area (Å²) in [4.78, 5) is 32.7. The number of benzene rings is 2. The van der Waals surface area contributed by atoms with E-state index in [-0.39, 0.29) is 17.8 Å². The van der Waals surface area contributed by atoms with Crippen molar-refractivity contribution in [3.05, 3.63) is 75.8 Å². The van der Waals surface area contributed by atoms with Crippen molar-refractivity contribution in [1.29, 1.82) is 0 Å². The lowest BCUT2D eigenvalue weighted by Gasteiger charge is -2.28. The first-order valence-corrected chi connectivity index (χ1v) is 11.2. The molecule has 0 radical (unpaired) electrons. The Morgan fingerprint density at radius 1 is 1.18 bits per heavy atom. The molecule has 1 fully saturated rings. The molecular formula is C25H29FN4O3. The Morgan fingerprint density at radius 3 is 2.76 bits per heavy atom. The molecular weight excluding hydrogens is 423 g/mol. The van der Waals surface area contributed by atoms with Crippen molar-refractivity contribution in [2.75, 3.05) is 44.7 Å². The van der Waals surface area contributed by atoms with Gasteiger partial charge in [0.2, 0.25) is 0 Å². The summed E-state index contributed by atoms with van der Waals surface area (Å²) in [5, 5.41) is 3.56. The number of rotatable bonds is 7. The Morgan fingerprint density at radius 2 is 1.97 bits per heavy atom. The van der Waals surface area contributed by atoms with E-state index in [1.807, 2.05) is 31.2 Å². The van der Waals surface area contributed by atoms with E-state index in [4.69, 9.17) is 4.74 Å². The second-order valence-corrected chi connectivity index (χ2v) is 8.30. The predicted octanol–water partition coefficient (Wildman–Crippen LogP) is 3.73. The number of halogens is 1. The summed E-state index contributed by atoms with van der Waals surface area (Å²) >= 11 is 0. The van der Waals surface area contributed by atoms with Crippen LogP contribution >= 0.6 is 0 Å². The fourth-order valence-corrected chi connectivity index (χ4v) is 4.07. The normalized spacial score (nSPS) is 14.4. The molecule has 0 bridgehead atoms. The monoisotopic (exact) mass is 452 g/mol. The van der Waals surface area contributed by atoms with Crippen LogP contribution in [0.1, 0.15) is 17.5 Å². The Hall–Kier alpha value is -3.23. The van der Waals surface area contributed by atoms with Crippen LogP contribution in [-0.4, -0.2) is 60.2 Å². The van der Waals surface area contributed by atoms with Crippen molar-refractivity contribution < 1.29 is 13.9 Å². The van der Waals surface area contributed by atoms with Gasteiger partial charge in [0.1, 0.15) is 5.82 Å². The number of H-pyrrole nitrogens is 1. The van der Waals surface area contributed by atoms with Crippen LogP contribution in [-0.2, 0) is 11.3 Å². The summed E-state index contributed by atoms with van der Waals surface area (Å²) in [5.41, 5.74) is 2.15. The molecule has 1 aliphatic heterocycles. The maximum absolute atomic E-state index is 14.1. The molecule has 0 unspecified atom stereocenters. The van der Waals surface area contributed by atoms with E-state index in [0.717, 1.165) is 42.5 Å². The quantitative estimate of drug-likeness (QED) is 0.573. The predicted molar refractivity (Wildman–Crippen MR) is 127 cm³/mol. The molecule has 33 heavy (non-hydrogen) atoms. The number of hydrogen-bond donors (Lipinski definition) is 2. The number of amides is 2. The maximum Gasteiger partial charge on any atom is 0.322 e. The topological polar surface area (TPSA) is 77.7 Å². The summed E-state index contributed by atoms with van der Waals surface area (Å²) in [6.45, 7) is 6.48. The van der Waals surface area contributed by atoms with Crippen LogP contribution in [0.15, 0.2) is 53.3 Å².